The highest BCUT2D eigenvalue weighted by Crippen LogP contribution is 2.35. The van der Waals surface area contributed by atoms with Gasteiger partial charge in [0.25, 0.3) is 0 Å². The average molecular weight is 549 g/mol. The van der Waals surface area contributed by atoms with Crippen molar-refractivity contribution in [2.24, 2.45) is 0 Å². The first-order valence-electron chi connectivity index (χ1n) is 13.7. The lowest BCUT2D eigenvalue weighted by Gasteiger charge is -2.24. The molecule has 0 atom stereocenters. The molecule has 0 radical (unpaired) electrons. The summed E-state index contributed by atoms with van der Waals surface area (Å²) >= 11 is 0. The van der Waals surface area contributed by atoms with Crippen molar-refractivity contribution in [2.75, 3.05) is 7.11 Å². The van der Waals surface area contributed by atoms with Crippen molar-refractivity contribution < 1.29 is 19.4 Å². The zero-order valence-electron chi connectivity index (χ0n) is 24.3. The van der Waals surface area contributed by atoms with E-state index in [2.05, 4.69) is 36.1 Å². The number of benzene rings is 2. The van der Waals surface area contributed by atoms with Crippen LogP contribution < -0.4 is 0 Å². The zero-order chi connectivity index (χ0) is 29.7. The van der Waals surface area contributed by atoms with Crippen LogP contribution in [0.4, 0.5) is 0 Å². The first-order chi connectivity index (χ1) is 19.4. The summed E-state index contributed by atoms with van der Waals surface area (Å²) < 4.78 is 9.77. The van der Waals surface area contributed by atoms with Crippen LogP contribution in [0.1, 0.15) is 38.8 Å². The van der Waals surface area contributed by atoms with Gasteiger partial charge in [-0.05, 0) is 51.0 Å². The van der Waals surface area contributed by atoms with Gasteiger partial charge >= 0.3 is 0 Å². The molecule has 2 aromatic carbocycles. The molecule has 1 aliphatic carbocycles. The largest absolute Gasteiger partial charge is 0.504 e. The van der Waals surface area contributed by atoms with Crippen LogP contribution in [0.5, 0.6) is 0 Å². The lowest BCUT2D eigenvalue weighted by atomic mass is 9.87. The van der Waals surface area contributed by atoms with E-state index >= 15 is 0 Å². The molecule has 4 aromatic rings. The van der Waals surface area contributed by atoms with Crippen molar-refractivity contribution in [3.63, 3.8) is 0 Å². The predicted octanol–water partition coefficient (Wildman–Crippen LogP) is 7.09. The number of aliphatic hydroxyl groups is 1. The monoisotopic (exact) mass is 548 g/mol. The molecule has 210 valence electrons. The van der Waals surface area contributed by atoms with Crippen molar-refractivity contribution in [3.8, 4) is 0 Å². The minimum Gasteiger partial charge on any atom is -0.504 e. The molecule has 0 saturated heterocycles. The van der Waals surface area contributed by atoms with Gasteiger partial charge in [-0.25, -0.2) is 0 Å². The third-order valence-corrected chi connectivity index (χ3v) is 8.30. The summed E-state index contributed by atoms with van der Waals surface area (Å²) in [6, 6.07) is 15.8. The molecule has 0 unspecified atom stereocenters. The summed E-state index contributed by atoms with van der Waals surface area (Å²) in [5.41, 5.74) is 3.06. The number of Topliss-reactive ketones (excluding diaryl/α,β-unsaturated/α-hetero) is 2. The van der Waals surface area contributed by atoms with Gasteiger partial charge in [-0.15, -0.1) is 13.2 Å². The molecule has 5 rings (SSSR count). The van der Waals surface area contributed by atoms with E-state index < -0.39 is 17.3 Å². The van der Waals surface area contributed by atoms with Crippen LogP contribution in [0.15, 0.2) is 109 Å². The van der Waals surface area contributed by atoms with Crippen LogP contribution in [-0.2, 0) is 38.2 Å². The fourth-order valence-electron chi connectivity index (χ4n) is 5.62. The van der Waals surface area contributed by atoms with E-state index in [9.17, 15) is 14.7 Å². The lowest BCUT2D eigenvalue weighted by molar-refractivity contribution is -0.120. The number of allylic oxidation sites excluding steroid dienone is 4. The Kier molecular flexibility index (Phi) is 6.90. The van der Waals surface area contributed by atoms with Gasteiger partial charge in [0.1, 0.15) is 0 Å². The smallest absolute Gasteiger partial charge is 0.228 e. The summed E-state index contributed by atoms with van der Waals surface area (Å²) in [6.45, 7) is 16.2. The second-order valence-corrected chi connectivity index (χ2v) is 11.6. The van der Waals surface area contributed by atoms with Crippen LogP contribution in [0.25, 0.3) is 21.8 Å². The molecule has 2 heterocycles. The van der Waals surface area contributed by atoms with Crippen LogP contribution >= 0.6 is 0 Å². The number of aromatic nitrogens is 2. The molecule has 6 nitrogen and oxygen atoms in total. The summed E-state index contributed by atoms with van der Waals surface area (Å²) in [4.78, 5) is 27.5. The molecule has 0 spiro atoms. The highest BCUT2D eigenvalue weighted by molar-refractivity contribution is 6.24. The van der Waals surface area contributed by atoms with E-state index in [1.165, 1.54) is 7.11 Å². The Labute approximate surface area is 240 Å². The number of para-hydroxylation sites is 2. The summed E-state index contributed by atoms with van der Waals surface area (Å²) in [5.74, 6) is -1.63. The Morgan fingerprint density at radius 1 is 0.756 bits per heavy atom. The number of hydrogen-bond acceptors (Lipinski definition) is 4. The van der Waals surface area contributed by atoms with Crippen LogP contribution in [0.2, 0.25) is 0 Å². The molecule has 41 heavy (non-hydrogen) atoms. The topological polar surface area (TPSA) is 73.5 Å². The van der Waals surface area contributed by atoms with Gasteiger partial charge in [-0.1, -0.05) is 48.6 Å². The summed E-state index contributed by atoms with van der Waals surface area (Å²) in [5, 5.41) is 13.1. The quantitative estimate of drug-likeness (QED) is 0.179. The van der Waals surface area contributed by atoms with Crippen molar-refractivity contribution >= 4 is 33.4 Å². The maximum atomic E-state index is 13.8. The Balaban J connectivity index is 1.56. The molecule has 0 aliphatic heterocycles. The van der Waals surface area contributed by atoms with Gasteiger partial charge in [-0.3, -0.25) is 9.59 Å². The third-order valence-electron chi connectivity index (χ3n) is 8.30. The standard InChI is InChI=1S/C35H36N2O4/c1-8-34(3,4)36-20-22(24-14-10-12-16-28(24)36)18-26-30(38)31(39)27(33(41-7)32(26)40)19-23-21-37(35(5,6)9-2)29-17-13-11-15-25(23)29/h8-17,20-21,38H,1-2,18-19H2,3-7H3. The van der Waals surface area contributed by atoms with Crippen molar-refractivity contribution in [3.05, 3.63) is 120 Å². The lowest BCUT2D eigenvalue weighted by Crippen LogP contribution is -2.27. The number of ether oxygens (including phenoxy) is 1. The number of carbonyl (C=O) groups is 2. The third kappa shape index (κ3) is 4.53. The van der Waals surface area contributed by atoms with Gasteiger partial charge in [-0.2, -0.15) is 0 Å². The van der Waals surface area contributed by atoms with Gasteiger partial charge in [0.05, 0.1) is 29.3 Å². The Bertz CT molecular complexity index is 1810. The number of rotatable bonds is 9. The number of ketones is 2. The van der Waals surface area contributed by atoms with Crippen LogP contribution in [0.3, 0.4) is 0 Å². The molecule has 0 saturated carbocycles. The second kappa shape index (κ2) is 10.1. The van der Waals surface area contributed by atoms with Crippen molar-refractivity contribution in [2.45, 2.75) is 51.6 Å². The highest BCUT2D eigenvalue weighted by Gasteiger charge is 2.37. The van der Waals surface area contributed by atoms with E-state index in [1.807, 2.05) is 86.9 Å². The number of nitrogens with zero attached hydrogens (tertiary/aromatic N) is 2. The van der Waals surface area contributed by atoms with Gasteiger partial charge in [0.15, 0.2) is 11.5 Å². The molecule has 0 fully saturated rings. The molecular formula is C35H36N2O4. The minimum atomic E-state index is -0.591. The molecule has 1 aliphatic rings. The zero-order valence-corrected chi connectivity index (χ0v) is 24.3. The molecular weight excluding hydrogens is 512 g/mol. The molecule has 1 N–H and O–H groups in total. The molecule has 0 bridgehead atoms. The second-order valence-electron chi connectivity index (χ2n) is 11.6. The molecule has 2 aromatic heterocycles. The van der Waals surface area contributed by atoms with E-state index in [0.717, 1.165) is 32.9 Å². The number of fused-ring (bicyclic) bond motifs is 2. The fraction of sp³-hybridized carbons (Fsp3) is 0.257. The maximum Gasteiger partial charge on any atom is 0.228 e. The first kappa shape index (κ1) is 28.0. The Hall–Kier alpha value is -4.58. The minimum absolute atomic E-state index is 0.0298. The van der Waals surface area contributed by atoms with E-state index in [1.54, 1.807) is 0 Å². The van der Waals surface area contributed by atoms with Gasteiger partial charge in [0, 0.05) is 47.0 Å². The number of methoxy groups -OCH3 is 1. The SMILES string of the molecule is C=CC(C)(C)n1cc(CC2=C(O)C(=O)C(Cc3cn(C(C)(C)C=C)c4ccccc34)=C(OC)C2=O)c2ccccc21. The normalized spacial score (nSPS) is 14.9. The maximum absolute atomic E-state index is 13.8. The highest BCUT2D eigenvalue weighted by atomic mass is 16.5. The molecule has 6 heteroatoms. The number of hydrogen-bond donors (Lipinski definition) is 1. The predicted molar refractivity (Wildman–Crippen MR) is 164 cm³/mol. The van der Waals surface area contributed by atoms with Crippen molar-refractivity contribution in [1.29, 1.82) is 0 Å². The number of aliphatic hydroxyl groups excluding tert-OH is 1. The van der Waals surface area contributed by atoms with E-state index in [-0.39, 0.29) is 40.8 Å². The van der Waals surface area contributed by atoms with Gasteiger partial charge < -0.3 is 19.0 Å². The van der Waals surface area contributed by atoms with Crippen LogP contribution in [0, 0.1) is 0 Å². The van der Waals surface area contributed by atoms with Crippen molar-refractivity contribution in [1.82, 2.24) is 9.13 Å². The van der Waals surface area contributed by atoms with E-state index in [0.29, 0.717) is 0 Å². The van der Waals surface area contributed by atoms with Crippen LogP contribution in [-0.4, -0.2) is 32.9 Å². The summed E-state index contributed by atoms with van der Waals surface area (Å²) in [6.07, 6.45) is 7.90. The number of carbonyl (C=O) groups excluding carboxylic acids is 2. The van der Waals surface area contributed by atoms with E-state index in [4.69, 9.17) is 4.74 Å². The average Bonchev–Trinajstić information content (AvgIpc) is 3.54. The Morgan fingerprint density at radius 2 is 1.20 bits per heavy atom. The summed E-state index contributed by atoms with van der Waals surface area (Å²) in [7, 11) is 1.39. The van der Waals surface area contributed by atoms with Gasteiger partial charge in [0.2, 0.25) is 11.6 Å². The molecule has 0 amide bonds. The Morgan fingerprint density at radius 3 is 1.63 bits per heavy atom. The first-order valence-corrected chi connectivity index (χ1v) is 13.7. The fourth-order valence-corrected chi connectivity index (χ4v) is 5.62.